The molecule has 1 nitrogen and oxygen atoms in total. The van der Waals surface area contributed by atoms with Crippen LogP contribution in [0.25, 0.3) is 0 Å². The molecule has 1 heteroatoms. The van der Waals surface area contributed by atoms with Gasteiger partial charge < -0.3 is 0 Å². The third kappa shape index (κ3) is 1.10. The number of Topliss-reactive ketones (excluding diaryl/α,β-unsaturated/α-hetero) is 1. The summed E-state index contributed by atoms with van der Waals surface area (Å²) in [6, 6.07) is 0. The highest BCUT2D eigenvalue weighted by atomic mass is 16.1. The predicted molar refractivity (Wildman–Crippen MR) is 65.0 cm³/mol. The van der Waals surface area contributed by atoms with E-state index in [1.807, 2.05) is 0 Å². The number of fused-ring (bicyclic) bond motifs is 3. The summed E-state index contributed by atoms with van der Waals surface area (Å²) in [7, 11) is 0. The highest BCUT2D eigenvalue weighted by Gasteiger charge is 2.56. The van der Waals surface area contributed by atoms with Crippen molar-refractivity contribution in [2.75, 3.05) is 0 Å². The Morgan fingerprint density at radius 1 is 1.31 bits per heavy atom. The molecule has 3 rings (SSSR count). The summed E-state index contributed by atoms with van der Waals surface area (Å²) in [5, 5.41) is 0. The average molecular weight is 218 g/mol. The quantitative estimate of drug-likeness (QED) is 0.607. The number of ketones is 1. The summed E-state index contributed by atoms with van der Waals surface area (Å²) in [6.07, 6.45) is 3.52. The summed E-state index contributed by atoms with van der Waals surface area (Å²) in [5.74, 6) is 3.33. The maximum atomic E-state index is 11.9. The Labute approximate surface area is 98.3 Å². The smallest absolute Gasteiger partial charge is 0.159 e. The van der Waals surface area contributed by atoms with Gasteiger partial charge in [-0.1, -0.05) is 26.3 Å². The largest absolute Gasteiger partial charge is 0.295 e. The first kappa shape index (κ1) is 10.6. The minimum atomic E-state index is 0.424. The van der Waals surface area contributed by atoms with Crippen LogP contribution in [0.3, 0.4) is 0 Å². The van der Waals surface area contributed by atoms with Crippen LogP contribution in [0.15, 0.2) is 11.1 Å². The Morgan fingerprint density at radius 3 is 2.69 bits per heavy atom. The van der Waals surface area contributed by atoms with Crippen molar-refractivity contribution in [3.63, 3.8) is 0 Å². The molecule has 0 aromatic heterocycles. The Bertz CT molecular complexity index is 388. The first-order chi connectivity index (χ1) is 7.43. The molecule has 0 heterocycles. The normalized spacial score (nSPS) is 45.1. The number of carbonyl (C=O) groups excluding carboxylic acids is 1. The Morgan fingerprint density at radius 2 is 2.00 bits per heavy atom. The second-order valence-corrected chi connectivity index (χ2v) is 6.84. The number of rotatable bonds is 0. The first-order valence-electron chi connectivity index (χ1n) is 6.67. The van der Waals surface area contributed by atoms with Crippen molar-refractivity contribution >= 4 is 5.78 Å². The molecule has 0 N–H and O–H groups in total. The van der Waals surface area contributed by atoms with Gasteiger partial charge in [0.15, 0.2) is 5.78 Å². The van der Waals surface area contributed by atoms with Gasteiger partial charge in [0.2, 0.25) is 0 Å². The zero-order valence-electron chi connectivity index (χ0n) is 10.8. The van der Waals surface area contributed by atoms with E-state index in [2.05, 4.69) is 27.7 Å². The van der Waals surface area contributed by atoms with Crippen molar-refractivity contribution in [3.05, 3.63) is 11.1 Å². The summed E-state index contributed by atoms with van der Waals surface area (Å²) in [4.78, 5) is 11.9. The van der Waals surface area contributed by atoms with Gasteiger partial charge in [0.25, 0.3) is 0 Å². The van der Waals surface area contributed by atoms with Crippen LogP contribution in [0.1, 0.15) is 47.0 Å². The van der Waals surface area contributed by atoms with Crippen LogP contribution in [0.4, 0.5) is 0 Å². The number of hydrogen-bond donors (Lipinski definition) is 0. The topological polar surface area (TPSA) is 17.1 Å². The van der Waals surface area contributed by atoms with Crippen LogP contribution in [-0.2, 0) is 4.79 Å². The summed E-state index contributed by atoms with van der Waals surface area (Å²) in [5.41, 5.74) is 3.11. The van der Waals surface area contributed by atoms with Gasteiger partial charge in [-0.05, 0) is 54.4 Å². The third-order valence-electron chi connectivity index (χ3n) is 5.69. The predicted octanol–water partition coefficient (Wildman–Crippen LogP) is 3.59. The second kappa shape index (κ2) is 3.00. The van der Waals surface area contributed by atoms with Crippen molar-refractivity contribution in [3.8, 4) is 0 Å². The summed E-state index contributed by atoms with van der Waals surface area (Å²) < 4.78 is 0. The van der Waals surface area contributed by atoms with E-state index in [0.29, 0.717) is 23.0 Å². The van der Waals surface area contributed by atoms with Crippen LogP contribution in [0.5, 0.6) is 0 Å². The van der Waals surface area contributed by atoms with Gasteiger partial charge in [-0.25, -0.2) is 0 Å². The van der Waals surface area contributed by atoms with Gasteiger partial charge in [-0.3, -0.25) is 4.79 Å². The molecule has 3 aliphatic carbocycles. The van der Waals surface area contributed by atoms with E-state index in [9.17, 15) is 4.79 Å². The lowest BCUT2D eigenvalue weighted by Gasteiger charge is -2.28. The van der Waals surface area contributed by atoms with Crippen molar-refractivity contribution in [1.82, 2.24) is 0 Å². The first-order valence-corrected chi connectivity index (χ1v) is 6.67. The molecule has 0 saturated heterocycles. The molecule has 0 spiro atoms. The average Bonchev–Trinajstić information content (AvgIpc) is 2.75. The Balaban J connectivity index is 2.11. The lowest BCUT2D eigenvalue weighted by atomic mass is 9.76. The molecule has 2 fully saturated rings. The maximum absolute atomic E-state index is 11.9. The van der Waals surface area contributed by atoms with Crippen molar-refractivity contribution in [2.45, 2.75) is 47.0 Å². The molecule has 0 radical (unpaired) electrons. The van der Waals surface area contributed by atoms with Gasteiger partial charge in [0.1, 0.15) is 0 Å². The molecule has 3 aliphatic rings. The molecule has 2 saturated carbocycles. The van der Waals surface area contributed by atoms with E-state index >= 15 is 0 Å². The second-order valence-electron chi connectivity index (χ2n) is 6.84. The molecule has 0 aliphatic heterocycles. The minimum absolute atomic E-state index is 0.424. The Hall–Kier alpha value is -0.590. The van der Waals surface area contributed by atoms with Crippen LogP contribution >= 0.6 is 0 Å². The van der Waals surface area contributed by atoms with Gasteiger partial charge in [-0.15, -0.1) is 0 Å². The van der Waals surface area contributed by atoms with E-state index in [4.69, 9.17) is 0 Å². The molecule has 0 amide bonds. The monoisotopic (exact) mass is 218 g/mol. The lowest BCUT2D eigenvalue weighted by molar-refractivity contribution is -0.115. The van der Waals surface area contributed by atoms with Gasteiger partial charge in [0.05, 0.1) is 0 Å². The summed E-state index contributed by atoms with van der Waals surface area (Å²) >= 11 is 0. The van der Waals surface area contributed by atoms with Crippen LogP contribution < -0.4 is 0 Å². The summed E-state index contributed by atoms with van der Waals surface area (Å²) in [6.45, 7) is 9.25. The van der Waals surface area contributed by atoms with E-state index in [-0.39, 0.29) is 0 Å². The van der Waals surface area contributed by atoms with E-state index < -0.39 is 0 Å². The molecule has 0 bridgehead atoms. The number of carbonyl (C=O) groups is 1. The lowest BCUT2D eigenvalue weighted by Crippen LogP contribution is -2.21. The molecule has 88 valence electrons. The fourth-order valence-corrected chi connectivity index (χ4v) is 4.79. The molecular weight excluding hydrogens is 196 g/mol. The van der Waals surface area contributed by atoms with Gasteiger partial charge in [-0.2, -0.15) is 0 Å². The molecule has 4 atom stereocenters. The fraction of sp³-hybridized carbons (Fsp3) is 0.800. The third-order valence-corrected chi connectivity index (χ3v) is 5.69. The van der Waals surface area contributed by atoms with Gasteiger partial charge in [0, 0.05) is 6.42 Å². The molecule has 0 aromatic carbocycles. The van der Waals surface area contributed by atoms with Crippen LogP contribution in [0.2, 0.25) is 0 Å². The SMILES string of the molecule is CC1=C2C(CC1=O)C(C)C1CCC(C)(C)C21. The minimum Gasteiger partial charge on any atom is -0.295 e. The van der Waals surface area contributed by atoms with Crippen molar-refractivity contribution in [2.24, 2.45) is 29.1 Å². The molecule has 4 unspecified atom stereocenters. The van der Waals surface area contributed by atoms with Crippen molar-refractivity contribution in [1.29, 1.82) is 0 Å². The molecule has 16 heavy (non-hydrogen) atoms. The van der Waals surface area contributed by atoms with Crippen LogP contribution in [-0.4, -0.2) is 5.78 Å². The zero-order valence-corrected chi connectivity index (χ0v) is 10.8. The van der Waals surface area contributed by atoms with E-state index in [1.54, 1.807) is 5.57 Å². The van der Waals surface area contributed by atoms with Crippen molar-refractivity contribution < 1.29 is 4.79 Å². The van der Waals surface area contributed by atoms with Gasteiger partial charge >= 0.3 is 0 Å². The fourth-order valence-electron chi connectivity index (χ4n) is 4.79. The highest BCUT2D eigenvalue weighted by Crippen LogP contribution is 2.64. The van der Waals surface area contributed by atoms with E-state index in [1.165, 1.54) is 12.8 Å². The highest BCUT2D eigenvalue weighted by molar-refractivity contribution is 5.99. The zero-order chi connectivity index (χ0) is 11.7. The Kier molecular flexibility index (Phi) is 1.98. The molecular formula is C15H22O. The number of allylic oxidation sites excluding steroid dienone is 2. The van der Waals surface area contributed by atoms with E-state index in [0.717, 1.165) is 23.8 Å². The maximum Gasteiger partial charge on any atom is 0.159 e. The molecule has 0 aromatic rings. The van der Waals surface area contributed by atoms with Crippen LogP contribution in [0, 0.1) is 29.1 Å². The standard InChI is InChI=1S/C15H22O/c1-8-10-5-6-15(3,4)14(10)13-9(2)12(16)7-11(8)13/h8,10-11,14H,5-7H2,1-4H3. The number of hydrogen-bond acceptors (Lipinski definition) is 1.